The van der Waals surface area contributed by atoms with Crippen molar-refractivity contribution in [3.8, 4) is 0 Å². The van der Waals surface area contributed by atoms with Gasteiger partial charge in [0.25, 0.3) is 0 Å². The molecule has 2 N–H and O–H groups in total. The fraction of sp³-hybridized carbons (Fsp3) is 0.455. The maximum absolute atomic E-state index is 5.87. The molecule has 1 aromatic rings. The Morgan fingerprint density at radius 1 is 1.15 bits per heavy atom. The summed E-state index contributed by atoms with van der Waals surface area (Å²) in [6, 6.07) is 8.55. The van der Waals surface area contributed by atoms with E-state index >= 15 is 0 Å². The van der Waals surface area contributed by atoms with Crippen molar-refractivity contribution in [1.82, 2.24) is 0 Å². The van der Waals surface area contributed by atoms with Gasteiger partial charge in [-0.1, -0.05) is 23.7 Å². The van der Waals surface area contributed by atoms with Crippen LogP contribution in [0.1, 0.15) is 30.7 Å². The maximum Gasteiger partial charge on any atom is 0.0406 e. The van der Waals surface area contributed by atoms with Gasteiger partial charge in [-0.05, 0) is 42.9 Å². The summed E-state index contributed by atoms with van der Waals surface area (Å²) >= 11 is 5.82. The van der Waals surface area contributed by atoms with E-state index in [4.69, 9.17) is 17.3 Å². The van der Waals surface area contributed by atoms with E-state index in [0.717, 1.165) is 17.9 Å². The van der Waals surface area contributed by atoms with E-state index in [1.54, 1.807) is 0 Å². The second-order valence-corrected chi connectivity index (χ2v) is 4.26. The molecule has 0 spiro atoms. The fourth-order valence-electron chi connectivity index (χ4n) is 2.05. The molecule has 70 valence electrons. The summed E-state index contributed by atoms with van der Waals surface area (Å²) in [7, 11) is 0. The van der Waals surface area contributed by atoms with Crippen LogP contribution in [0.25, 0.3) is 0 Å². The van der Waals surface area contributed by atoms with Crippen LogP contribution < -0.4 is 5.73 Å². The molecule has 0 amide bonds. The van der Waals surface area contributed by atoms with E-state index in [1.807, 2.05) is 12.1 Å². The minimum absolute atomic E-state index is 0.403. The highest BCUT2D eigenvalue weighted by atomic mass is 35.5. The topological polar surface area (TPSA) is 26.0 Å². The molecular formula is C11H14ClN. The van der Waals surface area contributed by atoms with Crippen molar-refractivity contribution < 1.29 is 0 Å². The molecule has 1 nitrogen and oxygen atoms in total. The molecule has 13 heavy (non-hydrogen) atoms. The zero-order chi connectivity index (χ0) is 9.26. The SMILES string of the molecule is N[C@H]1CC[C@@H](c2ccc(Cl)cc2)C1. The Hall–Kier alpha value is -0.530. The molecule has 0 aliphatic heterocycles. The summed E-state index contributed by atoms with van der Waals surface area (Å²) in [5.41, 5.74) is 7.25. The Balaban J connectivity index is 2.13. The first-order chi connectivity index (χ1) is 6.25. The lowest BCUT2D eigenvalue weighted by Gasteiger charge is -2.09. The first-order valence-electron chi connectivity index (χ1n) is 4.77. The van der Waals surface area contributed by atoms with Crippen LogP contribution in [0.15, 0.2) is 24.3 Å². The van der Waals surface area contributed by atoms with Gasteiger partial charge in [0.15, 0.2) is 0 Å². The van der Waals surface area contributed by atoms with Gasteiger partial charge in [0.05, 0.1) is 0 Å². The van der Waals surface area contributed by atoms with E-state index in [-0.39, 0.29) is 0 Å². The van der Waals surface area contributed by atoms with Gasteiger partial charge in [0, 0.05) is 11.1 Å². The monoisotopic (exact) mass is 195 g/mol. The highest BCUT2D eigenvalue weighted by Gasteiger charge is 2.22. The Morgan fingerprint density at radius 2 is 1.85 bits per heavy atom. The fourth-order valence-corrected chi connectivity index (χ4v) is 2.18. The quantitative estimate of drug-likeness (QED) is 0.733. The van der Waals surface area contributed by atoms with Crippen LogP contribution in [0, 0.1) is 0 Å². The zero-order valence-corrected chi connectivity index (χ0v) is 8.30. The lowest BCUT2D eigenvalue weighted by molar-refractivity contribution is 0.675. The van der Waals surface area contributed by atoms with E-state index in [2.05, 4.69) is 12.1 Å². The van der Waals surface area contributed by atoms with Crippen LogP contribution >= 0.6 is 11.6 Å². The number of hydrogen-bond donors (Lipinski definition) is 1. The third-order valence-electron chi connectivity index (χ3n) is 2.81. The van der Waals surface area contributed by atoms with Crippen molar-refractivity contribution >= 4 is 11.6 Å². The number of hydrogen-bond acceptors (Lipinski definition) is 1. The van der Waals surface area contributed by atoms with E-state index in [9.17, 15) is 0 Å². The lowest BCUT2D eigenvalue weighted by Crippen LogP contribution is -2.14. The van der Waals surface area contributed by atoms with Crippen LogP contribution in [-0.2, 0) is 0 Å². The molecule has 1 saturated carbocycles. The molecule has 0 bridgehead atoms. The summed E-state index contributed by atoms with van der Waals surface area (Å²) in [6.07, 6.45) is 3.51. The maximum atomic E-state index is 5.87. The second kappa shape index (κ2) is 3.69. The van der Waals surface area contributed by atoms with Gasteiger partial charge in [-0.2, -0.15) is 0 Å². The van der Waals surface area contributed by atoms with Crippen molar-refractivity contribution in [2.24, 2.45) is 5.73 Å². The summed E-state index contributed by atoms with van der Waals surface area (Å²) in [5.74, 6) is 0.660. The zero-order valence-electron chi connectivity index (χ0n) is 7.54. The molecule has 1 aliphatic rings. The minimum atomic E-state index is 0.403. The Bertz CT molecular complexity index is 281. The summed E-state index contributed by atoms with van der Waals surface area (Å²) in [5, 5.41) is 0.811. The van der Waals surface area contributed by atoms with E-state index in [1.165, 1.54) is 12.0 Å². The van der Waals surface area contributed by atoms with Crippen molar-refractivity contribution in [3.63, 3.8) is 0 Å². The number of nitrogens with two attached hydrogens (primary N) is 1. The Morgan fingerprint density at radius 3 is 2.38 bits per heavy atom. The summed E-state index contributed by atoms with van der Waals surface area (Å²) in [6.45, 7) is 0. The second-order valence-electron chi connectivity index (χ2n) is 3.82. The molecule has 1 fully saturated rings. The van der Waals surface area contributed by atoms with Crippen LogP contribution in [0.4, 0.5) is 0 Å². The minimum Gasteiger partial charge on any atom is -0.328 e. The molecule has 1 aromatic carbocycles. The largest absolute Gasteiger partial charge is 0.328 e. The molecule has 2 heteroatoms. The van der Waals surface area contributed by atoms with Crippen LogP contribution in [-0.4, -0.2) is 6.04 Å². The van der Waals surface area contributed by atoms with Crippen molar-refractivity contribution in [3.05, 3.63) is 34.9 Å². The number of rotatable bonds is 1. The average molecular weight is 196 g/mol. The van der Waals surface area contributed by atoms with Crippen LogP contribution in [0.5, 0.6) is 0 Å². The Labute approximate surface area is 83.9 Å². The highest BCUT2D eigenvalue weighted by Crippen LogP contribution is 2.33. The molecular weight excluding hydrogens is 182 g/mol. The Kier molecular flexibility index (Phi) is 2.56. The third-order valence-corrected chi connectivity index (χ3v) is 3.07. The predicted octanol–water partition coefficient (Wildman–Crippen LogP) is 2.93. The smallest absolute Gasteiger partial charge is 0.0406 e. The predicted molar refractivity (Wildman–Crippen MR) is 56.0 cm³/mol. The number of halogens is 1. The molecule has 0 heterocycles. The van der Waals surface area contributed by atoms with E-state index < -0.39 is 0 Å². The van der Waals surface area contributed by atoms with Gasteiger partial charge < -0.3 is 5.73 Å². The molecule has 0 unspecified atom stereocenters. The summed E-state index contributed by atoms with van der Waals surface area (Å²) in [4.78, 5) is 0. The van der Waals surface area contributed by atoms with Crippen LogP contribution in [0.2, 0.25) is 5.02 Å². The first-order valence-corrected chi connectivity index (χ1v) is 5.14. The standard InChI is InChI=1S/C11H14ClN/c12-10-4-1-8(2-5-10)9-3-6-11(13)7-9/h1-2,4-5,9,11H,3,6-7,13H2/t9-,11+/m1/s1. The lowest BCUT2D eigenvalue weighted by atomic mass is 9.98. The molecule has 2 rings (SSSR count). The molecule has 0 saturated heterocycles. The van der Waals surface area contributed by atoms with Gasteiger partial charge in [-0.25, -0.2) is 0 Å². The van der Waals surface area contributed by atoms with Gasteiger partial charge in [0.1, 0.15) is 0 Å². The van der Waals surface area contributed by atoms with Gasteiger partial charge in [-0.15, -0.1) is 0 Å². The molecule has 2 atom stereocenters. The normalized spacial score (nSPS) is 27.8. The van der Waals surface area contributed by atoms with Crippen molar-refractivity contribution in [2.45, 2.75) is 31.2 Å². The van der Waals surface area contributed by atoms with Gasteiger partial charge in [-0.3, -0.25) is 0 Å². The third kappa shape index (κ3) is 2.04. The molecule has 0 radical (unpaired) electrons. The molecule has 0 aromatic heterocycles. The average Bonchev–Trinajstić information content (AvgIpc) is 2.53. The van der Waals surface area contributed by atoms with Gasteiger partial charge in [0.2, 0.25) is 0 Å². The van der Waals surface area contributed by atoms with Gasteiger partial charge >= 0.3 is 0 Å². The first kappa shape index (κ1) is 9.04. The van der Waals surface area contributed by atoms with Crippen molar-refractivity contribution in [2.75, 3.05) is 0 Å². The molecule has 1 aliphatic carbocycles. The summed E-state index contributed by atoms with van der Waals surface area (Å²) < 4.78 is 0. The number of benzene rings is 1. The van der Waals surface area contributed by atoms with Crippen LogP contribution in [0.3, 0.4) is 0 Å². The van der Waals surface area contributed by atoms with E-state index in [0.29, 0.717) is 12.0 Å². The van der Waals surface area contributed by atoms with Crippen molar-refractivity contribution in [1.29, 1.82) is 0 Å². The highest BCUT2D eigenvalue weighted by molar-refractivity contribution is 6.30.